The third-order valence-electron chi connectivity index (χ3n) is 6.44. The summed E-state index contributed by atoms with van der Waals surface area (Å²) >= 11 is 6.39. The Labute approximate surface area is 235 Å². The van der Waals surface area contributed by atoms with Crippen LogP contribution in [0.5, 0.6) is 5.75 Å². The molecule has 0 radical (unpaired) electrons. The Morgan fingerprint density at radius 1 is 0.949 bits per heavy atom. The van der Waals surface area contributed by atoms with E-state index in [1.54, 1.807) is 73.7 Å². The van der Waals surface area contributed by atoms with E-state index in [9.17, 15) is 18.0 Å². The van der Waals surface area contributed by atoms with E-state index in [1.807, 2.05) is 13.8 Å². The second kappa shape index (κ2) is 13.5. The van der Waals surface area contributed by atoms with E-state index in [4.69, 9.17) is 16.3 Å². The van der Waals surface area contributed by atoms with Crippen LogP contribution in [-0.4, -0.2) is 50.9 Å². The molecule has 0 saturated heterocycles. The number of nitrogens with zero attached hydrogens (tertiary/aromatic N) is 2. The van der Waals surface area contributed by atoms with E-state index in [-0.39, 0.29) is 29.1 Å². The van der Waals surface area contributed by atoms with Gasteiger partial charge >= 0.3 is 0 Å². The fourth-order valence-electron chi connectivity index (χ4n) is 3.86. The number of carbonyl (C=O) groups excluding carboxylic acids is 2. The van der Waals surface area contributed by atoms with Gasteiger partial charge in [-0.2, -0.15) is 0 Å². The Hall–Kier alpha value is -3.56. The molecule has 0 aromatic heterocycles. The maximum atomic E-state index is 13.9. The van der Waals surface area contributed by atoms with Crippen LogP contribution in [0.1, 0.15) is 32.8 Å². The molecule has 0 spiro atoms. The molecule has 0 heterocycles. The van der Waals surface area contributed by atoms with E-state index >= 15 is 0 Å². The number of benzene rings is 3. The molecule has 1 N–H and O–H groups in total. The number of carbonyl (C=O) groups is 2. The van der Waals surface area contributed by atoms with Crippen LogP contribution in [0, 0.1) is 0 Å². The van der Waals surface area contributed by atoms with Gasteiger partial charge in [-0.15, -0.1) is 0 Å². The standard InChI is InChI=1S/C29H34ClN3O5S/c1-5-21(2)31-29(35)22(3)32(19-23-11-9-10-14-27(23)30)28(34)20-33(24-15-17-25(38-4)18-16-24)39(36,37)26-12-7-6-8-13-26/h6-18,21-22H,5,19-20H2,1-4H3,(H,31,35)/t21-,22-/m1/s1. The van der Waals surface area contributed by atoms with Crippen molar-refractivity contribution in [3.63, 3.8) is 0 Å². The molecule has 39 heavy (non-hydrogen) atoms. The van der Waals surface area contributed by atoms with Crippen LogP contribution in [0.4, 0.5) is 5.69 Å². The summed E-state index contributed by atoms with van der Waals surface area (Å²) in [6.45, 7) is 4.94. The normalized spacial score (nSPS) is 12.7. The molecule has 0 unspecified atom stereocenters. The lowest BCUT2D eigenvalue weighted by molar-refractivity contribution is -0.139. The maximum absolute atomic E-state index is 13.9. The van der Waals surface area contributed by atoms with Crippen molar-refractivity contribution in [1.82, 2.24) is 10.2 Å². The highest BCUT2D eigenvalue weighted by Gasteiger charge is 2.33. The molecule has 10 heteroatoms. The molecule has 2 atom stereocenters. The minimum absolute atomic E-state index is 0.0233. The van der Waals surface area contributed by atoms with Crippen molar-refractivity contribution in [2.45, 2.75) is 50.7 Å². The Morgan fingerprint density at radius 3 is 2.15 bits per heavy atom. The van der Waals surface area contributed by atoms with E-state index in [0.29, 0.717) is 16.3 Å². The Kier molecular flexibility index (Phi) is 10.4. The van der Waals surface area contributed by atoms with Gasteiger partial charge in [-0.1, -0.05) is 54.9 Å². The first-order valence-electron chi connectivity index (χ1n) is 12.6. The first-order chi connectivity index (χ1) is 18.6. The maximum Gasteiger partial charge on any atom is 0.264 e. The summed E-state index contributed by atoms with van der Waals surface area (Å²) in [6, 6.07) is 20.3. The number of nitrogens with one attached hydrogen (secondary N) is 1. The molecule has 3 aromatic carbocycles. The van der Waals surface area contributed by atoms with E-state index in [0.717, 1.165) is 10.7 Å². The minimum atomic E-state index is -4.13. The first-order valence-corrected chi connectivity index (χ1v) is 14.4. The fourth-order valence-corrected chi connectivity index (χ4v) is 5.49. The average Bonchev–Trinajstić information content (AvgIpc) is 2.95. The van der Waals surface area contributed by atoms with Gasteiger partial charge in [0.2, 0.25) is 11.8 Å². The molecule has 3 aromatic rings. The van der Waals surface area contributed by atoms with Gasteiger partial charge in [0.1, 0.15) is 18.3 Å². The summed E-state index contributed by atoms with van der Waals surface area (Å²) in [7, 11) is -2.62. The number of rotatable bonds is 12. The van der Waals surface area contributed by atoms with Crippen LogP contribution >= 0.6 is 11.6 Å². The summed E-state index contributed by atoms with van der Waals surface area (Å²) in [5.74, 6) is -0.360. The first kappa shape index (κ1) is 30.0. The van der Waals surface area contributed by atoms with Crippen LogP contribution in [0.3, 0.4) is 0 Å². The van der Waals surface area contributed by atoms with Crippen molar-refractivity contribution in [1.29, 1.82) is 0 Å². The van der Waals surface area contributed by atoms with Gasteiger partial charge in [-0.3, -0.25) is 13.9 Å². The van der Waals surface area contributed by atoms with Gasteiger partial charge in [-0.25, -0.2) is 8.42 Å². The van der Waals surface area contributed by atoms with Crippen LogP contribution in [0.2, 0.25) is 5.02 Å². The average molecular weight is 572 g/mol. The molecule has 0 bridgehead atoms. The molecule has 0 saturated carbocycles. The molecule has 3 rings (SSSR count). The van der Waals surface area contributed by atoms with Gasteiger partial charge < -0.3 is 15.0 Å². The molecular formula is C29H34ClN3O5S. The number of sulfonamides is 1. The highest BCUT2D eigenvalue weighted by atomic mass is 35.5. The van der Waals surface area contributed by atoms with Gasteiger partial charge in [0.25, 0.3) is 10.0 Å². The van der Waals surface area contributed by atoms with E-state index in [1.165, 1.54) is 24.1 Å². The molecule has 208 valence electrons. The van der Waals surface area contributed by atoms with Crippen molar-refractivity contribution in [3.05, 3.63) is 89.4 Å². The number of methoxy groups -OCH3 is 1. The predicted molar refractivity (Wildman–Crippen MR) is 153 cm³/mol. The Morgan fingerprint density at radius 2 is 1.56 bits per heavy atom. The second-order valence-electron chi connectivity index (χ2n) is 9.13. The van der Waals surface area contributed by atoms with Gasteiger partial charge in [0.15, 0.2) is 0 Å². The molecule has 0 aliphatic rings. The molecule has 2 amide bonds. The van der Waals surface area contributed by atoms with Crippen LogP contribution in [0.25, 0.3) is 0 Å². The summed E-state index contributed by atoms with van der Waals surface area (Å²) < 4.78 is 33.8. The van der Waals surface area contributed by atoms with Crippen LogP contribution in [0.15, 0.2) is 83.8 Å². The zero-order chi connectivity index (χ0) is 28.6. The molecule has 0 fully saturated rings. The van der Waals surface area contributed by atoms with Crippen molar-refractivity contribution in [2.24, 2.45) is 0 Å². The monoisotopic (exact) mass is 571 g/mol. The number of ether oxygens (including phenoxy) is 1. The summed E-state index contributed by atoms with van der Waals surface area (Å²) in [5, 5.41) is 3.35. The molecule has 8 nitrogen and oxygen atoms in total. The molecule has 0 aliphatic heterocycles. The van der Waals surface area contributed by atoms with Crippen LogP contribution in [-0.2, 0) is 26.2 Å². The second-order valence-corrected chi connectivity index (χ2v) is 11.4. The Balaban J connectivity index is 2.02. The molecule has 0 aliphatic carbocycles. The van der Waals surface area contributed by atoms with Crippen molar-refractivity contribution >= 4 is 39.1 Å². The van der Waals surface area contributed by atoms with Crippen LogP contribution < -0.4 is 14.4 Å². The highest BCUT2D eigenvalue weighted by molar-refractivity contribution is 7.92. The largest absolute Gasteiger partial charge is 0.497 e. The van der Waals surface area contributed by atoms with Crippen molar-refractivity contribution < 1.29 is 22.7 Å². The van der Waals surface area contributed by atoms with Gasteiger partial charge in [-0.05, 0) is 68.3 Å². The zero-order valence-electron chi connectivity index (χ0n) is 22.5. The number of amides is 2. The smallest absolute Gasteiger partial charge is 0.264 e. The topological polar surface area (TPSA) is 96.0 Å². The van der Waals surface area contributed by atoms with Crippen molar-refractivity contribution in [2.75, 3.05) is 18.0 Å². The number of anilines is 1. The van der Waals surface area contributed by atoms with Gasteiger partial charge in [0, 0.05) is 17.6 Å². The Bertz CT molecular complexity index is 1370. The lowest BCUT2D eigenvalue weighted by Crippen LogP contribution is -2.52. The third kappa shape index (κ3) is 7.52. The highest BCUT2D eigenvalue weighted by Crippen LogP contribution is 2.27. The number of halogens is 1. The lowest BCUT2D eigenvalue weighted by Gasteiger charge is -2.32. The zero-order valence-corrected chi connectivity index (χ0v) is 24.1. The number of hydrogen-bond acceptors (Lipinski definition) is 5. The summed E-state index contributed by atoms with van der Waals surface area (Å²) in [5.41, 5.74) is 0.917. The molecular weight excluding hydrogens is 538 g/mol. The fraction of sp³-hybridized carbons (Fsp3) is 0.310. The lowest BCUT2D eigenvalue weighted by atomic mass is 10.1. The van der Waals surface area contributed by atoms with Crippen molar-refractivity contribution in [3.8, 4) is 5.75 Å². The summed E-state index contributed by atoms with van der Waals surface area (Å²) in [4.78, 5) is 28.4. The SMILES string of the molecule is CC[C@@H](C)NC(=O)[C@@H](C)N(Cc1ccccc1Cl)C(=O)CN(c1ccc(OC)cc1)S(=O)(=O)c1ccccc1. The third-order valence-corrected chi connectivity index (χ3v) is 8.59. The quantitative estimate of drug-likeness (QED) is 0.334. The number of hydrogen-bond donors (Lipinski definition) is 1. The summed E-state index contributed by atoms with van der Waals surface area (Å²) in [6.07, 6.45) is 0.720. The predicted octanol–water partition coefficient (Wildman–Crippen LogP) is 4.88. The van der Waals surface area contributed by atoms with E-state index < -0.39 is 28.5 Å². The van der Waals surface area contributed by atoms with Gasteiger partial charge in [0.05, 0.1) is 17.7 Å². The van der Waals surface area contributed by atoms with E-state index in [2.05, 4.69) is 5.32 Å². The minimum Gasteiger partial charge on any atom is -0.497 e.